The molecule has 0 radical (unpaired) electrons. The van der Waals surface area contributed by atoms with Gasteiger partial charge in [-0.15, -0.1) is 0 Å². The highest BCUT2D eigenvalue weighted by atomic mass is 79.9. The van der Waals surface area contributed by atoms with Crippen molar-refractivity contribution in [1.29, 1.82) is 0 Å². The third-order valence-electron chi connectivity index (χ3n) is 5.83. The number of likely N-dealkylation sites (tertiary alicyclic amines) is 1. The summed E-state index contributed by atoms with van der Waals surface area (Å²) in [5.41, 5.74) is 4.95. The number of para-hydroxylation sites is 2. The van der Waals surface area contributed by atoms with E-state index in [-0.39, 0.29) is 0 Å². The molecular formula is C22H25BrN4+2. The van der Waals surface area contributed by atoms with Crippen molar-refractivity contribution in [1.82, 2.24) is 9.55 Å². The zero-order valence-corrected chi connectivity index (χ0v) is 17.0. The molecule has 2 aromatic carbocycles. The molecule has 0 spiro atoms. The van der Waals surface area contributed by atoms with Crippen molar-refractivity contribution in [3.05, 3.63) is 59.2 Å². The Bertz CT molecular complexity index is 1070. The topological polar surface area (TPSA) is 29.3 Å². The molecule has 3 heterocycles. The molecule has 1 saturated heterocycles. The third kappa shape index (κ3) is 3.19. The first-order valence-electron chi connectivity index (χ1n) is 9.91. The molecule has 4 aromatic rings. The predicted molar refractivity (Wildman–Crippen MR) is 112 cm³/mol. The lowest BCUT2D eigenvalue weighted by atomic mass is 10.1. The van der Waals surface area contributed by atoms with E-state index in [1.165, 1.54) is 67.0 Å². The van der Waals surface area contributed by atoms with Gasteiger partial charge in [-0.2, -0.15) is 4.40 Å². The number of benzene rings is 2. The van der Waals surface area contributed by atoms with Crippen LogP contribution in [0.4, 0.5) is 0 Å². The highest BCUT2D eigenvalue weighted by Crippen LogP contribution is 2.24. The molecule has 0 amide bonds. The second-order valence-corrected chi connectivity index (χ2v) is 8.48. The monoisotopic (exact) mass is 424 g/mol. The van der Waals surface area contributed by atoms with Gasteiger partial charge < -0.3 is 4.90 Å². The van der Waals surface area contributed by atoms with Gasteiger partial charge >= 0.3 is 5.78 Å². The highest BCUT2D eigenvalue weighted by Gasteiger charge is 2.24. The Morgan fingerprint density at radius 2 is 1.78 bits per heavy atom. The molecule has 5 rings (SSSR count). The number of nitrogens with zero attached hydrogens (tertiary/aromatic N) is 2. The molecule has 0 atom stereocenters. The van der Waals surface area contributed by atoms with Crippen LogP contribution >= 0.6 is 15.9 Å². The van der Waals surface area contributed by atoms with Crippen molar-refractivity contribution < 1.29 is 9.30 Å². The molecule has 4 nitrogen and oxygen atoms in total. The van der Waals surface area contributed by atoms with Crippen molar-refractivity contribution in [2.24, 2.45) is 0 Å². The maximum absolute atomic E-state index is 3.64. The summed E-state index contributed by atoms with van der Waals surface area (Å²) in [5, 5.41) is 0. The van der Waals surface area contributed by atoms with Crippen LogP contribution in [-0.4, -0.2) is 29.2 Å². The quantitative estimate of drug-likeness (QED) is 0.471. The number of rotatable bonds is 4. The summed E-state index contributed by atoms with van der Waals surface area (Å²) in [4.78, 5) is 5.38. The lowest BCUT2D eigenvalue weighted by Gasteiger charge is -2.23. The van der Waals surface area contributed by atoms with Crippen LogP contribution < -0.4 is 9.30 Å². The van der Waals surface area contributed by atoms with E-state index in [4.69, 9.17) is 0 Å². The van der Waals surface area contributed by atoms with E-state index >= 15 is 0 Å². The molecule has 0 aliphatic carbocycles. The van der Waals surface area contributed by atoms with Gasteiger partial charge in [-0.1, -0.05) is 40.2 Å². The van der Waals surface area contributed by atoms with Gasteiger partial charge in [-0.05, 0) is 43.5 Å². The maximum Gasteiger partial charge on any atom is 0.368 e. The number of quaternary nitrogens is 1. The number of hydrogen-bond donors (Lipinski definition) is 2. The van der Waals surface area contributed by atoms with Gasteiger partial charge in [-0.3, -0.25) is 0 Å². The molecule has 2 N–H and O–H groups in total. The van der Waals surface area contributed by atoms with E-state index < -0.39 is 0 Å². The number of imidazole rings is 2. The minimum atomic E-state index is 1.03. The Kier molecular flexibility index (Phi) is 4.50. The standard InChI is InChI=1S/C22H23BrN4/c23-18-10-8-17(9-11-18)21-16-27-20-7-3-2-6-19(20)24-22(27)26(21)15-14-25-12-4-1-5-13-25/h2-3,6-11,16H,1,4-5,12-15H2/p+2. The summed E-state index contributed by atoms with van der Waals surface area (Å²) in [6.07, 6.45) is 6.43. The van der Waals surface area contributed by atoms with E-state index in [0.29, 0.717) is 0 Å². The van der Waals surface area contributed by atoms with Gasteiger partial charge in [0.2, 0.25) is 0 Å². The van der Waals surface area contributed by atoms with Crippen LogP contribution in [-0.2, 0) is 6.54 Å². The maximum atomic E-state index is 3.64. The molecule has 1 aliphatic rings. The second-order valence-electron chi connectivity index (χ2n) is 7.57. The predicted octanol–water partition coefficient (Wildman–Crippen LogP) is 3.21. The first kappa shape index (κ1) is 17.0. The largest absolute Gasteiger partial charge is 0.368 e. The number of nitrogens with one attached hydrogen (secondary N) is 2. The summed E-state index contributed by atoms with van der Waals surface area (Å²) in [6, 6.07) is 17.2. The zero-order chi connectivity index (χ0) is 18.2. The average molecular weight is 425 g/mol. The van der Waals surface area contributed by atoms with E-state index in [1.54, 1.807) is 4.90 Å². The molecule has 27 heavy (non-hydrogen) atoms. The normalized spacial score (nSPS) is 15.7. The Labute approximate surface area is 167 Å². The number of aromatic nitrogens is 3. The van der Waals surface area contributed by atoms with Crippen molar-refractivity contribution in [3.8, 4) is 11.3 Å². The molecule has 0 bridgehead atoms. The third-order valence-corrected chi connectivity index (χ3v) is 6.35. The number of piperidine rings is 1. The molecule has 1 fully saturated rings. The lowest BCUT2D eigenvalue weighted by Crippen LogP contribution is -3.13. The Hall–Kier alpha value is -2.11. The zero-order valence-electron chi connectivity index (χ0n) is 15.4. The fraction of sp³-hybridized carbons (Fsp3) is 0.318. The minimum Gasteiger partial charge on any atom is -0.332 e. The fourth-order valence-corrected chi connectivity index (χ4v) is 4.63. The summed E-state index contributed by atoms with van der Waals surface area (Å²) in [6.45, 7) is 4.85. The van der Waals surface area contributed by atoms with E-state index in [0.717, 1.165) is 11.0 Å². The fourth-order valence-electron chi connectivity index (χ4n) is 4.37. The Balaban J connectivity index is 1.59. The van der Waals surface area contributed by atoms with E-state index in [9.17, 15) is 0 Å². The highest BCUT2D eigenvalue weighted by molar-refractivity contribution is 9.10. The van der Waals surface area contributed by atoms with Crippen LogP contribution in [0.1, 0.15) is 19.3 Å². The average Bonchev–Trinajstić information content (AvgIpc) is 3.24. The second kappa shape index (κ2) is 7.13. The Morgan fingerprint density at radius 1 is 1.00 bits per heavy atom. The number of fused-ring (bicyclic) bond motifs is 3. The van der Waals surface area contributed by atoms with Gasteiger partial charge in [0.25, 0.3) is 0 Å². The summed E-state index contributed by atoms with van der Waals surface area (Å²) in [7, 11) is 0. The van der Waals surface area contributed by atoms with Gasteiger partial charge in [0.05, 0.1) is 13.1 Å². The van der Waals surface area contributed by atoms with Crippen molar-refractivity contribution in [3.63, 3.8) is 0 Å². The molecule has 2 aromatic heterocycles. The van der Waals surface area contributed by atoms with Crippen molar-refractivity contribution in [2.75, 3.05) is 19.6 Å². The number of hydrogen-bond acceptors (Lipinski definition) is 0. The van der Waals surface area contributed by atoms with E-state index in [1.807, 2.05) is 0 Å². The summed E-state index contributed by atoms with van der Waals surface area (Å²) in [5.74, 6) is 1.17. The molecule has 0 unspecified atom stereocenters. The van der Waals surface area contributed by atoms with Crippen LogP contribution in [0.5, 0.6) is 0 Å². The van der Waals surface area contributed by atoms with Crippen LogP contribution in [0, 0.1) is 0 Å². The van der Waals surface area contributed by atoms with Gasteiger partial charge in [0.1, 0.15) is 36.0 Å². The lowest BCUT2D eigenvalue weighted by molar-refractivity contribution is -0.905. The number of halogens is 1. The SMILES string of the molecule is Brc1ccc(-c2c[n+]3c4ccccc4[nH]c3n2CC[NH+]2CCCCC2)cc1. The Morgan fingerprint density at radius 3 is 2.59 bits per heavy atom. The number of H-pyrrole nitrogens is 1. The first-order valence-corrected chi connectivity index (χ1v) is 10.7. The minimum absolute atomic E-state index is 1.03. The van der Waals surface area contributed by atoms with Crippen molar-refractivity contribution >= 4 is 32.7 Å². The van der Waals surface area contributed by atoms with Crippen LogP contribution in [0.3, 0.4) is 0 Å². The molecule has 5 heteroatoms. The van der Waals surface area contributed by atoms with Crippen LogP contribution in [0.15, 0.2) is 59.2 Å². The van der Waals surface area contributed by atoms with Gasteiger partial charge in [-0.25, -0.2) is 9.55 Å². The smallest absolute Gasteiger partial charge is 0.332 e. The van der Waals surface area contributed by atoms with Crippen molar-refractivity contribution in [2.45, 2.75) is 25.8 Å². The van der Waals surface area contributed by atoms with Gasteiger partial charge in [0.15, 0.2) is 0 Å². The summed E-state index contributed by atoms with van der Waals surface area (Å²) < 4.78 is 5.88. The van der Waals surface area contributed by atoms with Gasteiger partial charge in [0, 0.05) is 10.0 Å². The number of aromatic amines is 1. The molecule has 138 valence electrons. The van der Waals surface area contributed by atoms with Crippen LogP contribution in [0.2, 0.25) is 0 Å². The van der Waals surface area contributed by atoms with Crippen LogP contribution in [0.25, 0.3) is 28.1 Å². The molecular weight excluding hydrogens is 400 g/mol. The first-order chi connectivity index (χ1) is 13.3. The van der Waals surface area contributed by atoms with E-state index in [2.05, 4.69) is 84.6 Å². The summed E-state index contributed by atoms with van der Waals surface area (Å²) >= 11 is 3.56. The molecule has 0 saturated carbocycles. The molecule has 1 aliphatic heterocycles.